The lowest BCUT2D eigenvalue weighted by molar-refractivity contribution is -0.143. The van der Waals surface area contributed by atoms with E-state index in [0.717, 1.165) is 0 Å². The Hall–Kier alpha value is -0.160. The van der Waals surface area contributed by atoms with Crippen molar-refractivity contribution >= 4 is 0 Å². The number of ether oxygens (including phenoxy) is 3. The van der Waals surface area contributed by atoms with Crippen LogP contribution in [0.4, 0.5) is 0 Å². The van der Waals surface area contributed by atoms with Gasteiger partial charge in [-0.25, -0.2) is 0 Å². The van der Waals surface area contributed by atoms with Crippen molar-refractivity contribution in [1.29, 1.82) is 0 Å². The summed E-state index contributed by atoms with van der Waals surface area (Å²) >= 11 is 0. The molecule has 0 radical (unpaired) electrons. The molecule has 0 amide bonds. The summed E-state index contributed by atoms with van der Waals surface area (Å²) in [7, 11) is 3.20. The molecule has 0 aliphatic carbocycles. The Kier molecular flexibility index (Phi) is 3.46. The van der Waals surface area contributed by atoms with Crippen LogP contribution in [0.2, 0.25) is 0 Å². The van der Waals surface area contributed by atoms with Gasteiger partial charge in [-0.1, -0.05) is 0 Å². The first-order chi connectivity index (χ1) is 5.69. The van der Waals surface area contributed by atoms with Crippen molar-refractivity contribution in [2.75, 3.05) is 14.2 Å². The van der Waals surface area contributed by atoms with Crippen LogP contribution in [-0.4, -0.2) is 43.9 Å². The van der Waals surface area contributed by atoms with Crippen LogP contribution < -0.4 is 0 Å². The van der Waals surface area contributed by atoms with Gasteiger partial charge in [-0.05, 0) is 6.92 Å². The van der Waals surface area contributed by atoms with Crippen molar-refractivity contribution in [3.63, 3.8) is 0 Å². The first-order valence-electron chi connectivity index (χ1n) is 4.08. The Morgan fingerprint density at radius 2 is 2.08 bits per heavy atom. The van der Waals surface area contributed by atoms with Crippen molar-refractivity contribution in [2.45, 2.75) is 37.9 Å². The molecule has 1 heterocycles. The van der Waals surface area contributed by atoms with Crippen LogP contribution in [0.3, 0.4) is 0 Å². The lowest BCUT2D eigenvalue weighted by Gasteiger charge is -2.19. The minimum absolute atomic E-state index is 0.0602. The Morgan fingerprint density at radius 3 is 2.42 bits per heavy atom. The van der Waals surface area contributed by atoms with Gasteiger partial charge in [0.2, 0.25) is 0 Å². The summed E-state index contributed by atoms with van der Waals surface area (Å²) in [4.78, 5) is 0. The molecular formula is C8H16O4. The number of hydrogen-bond donors (Lipinski definition) is 1. The molecule has 1 aliphatic heterocycles. The van der Waals surface area contributed by atoms with E-state index < -0.39 is 6.10 Å². The molecule has 0 unspecified atom stereocenters. The van der Waals surface area contributed by atoms with E-state index in [9.17, 15) is 5.11 Å². The normalized spacial score (nSPS) is 38.5. The molecule has 0 bridgehead atoms. The molecular weight excluding hydrogens is 160 g/mol. The van der Waals surface area contributed by atoms with Crippen molar-refractivity contribution in [2.24, 2.45) is 0 Å². The van der Waals surface area contributed by atoms with E-state index >= 15 is 0 Å². The summed E-state index contributed by atoms with van der Waals surface area (Å²) < 4.78 is 15.5. The number of methoxy groups -OCH3 is 2. The highest BCUT2D eigenvalue weighted by Crippen LogP contribution is 2.25. The van der Waals surface area contributed by atoms with Crippen LogP contribution >= 0.6 is 0 Å². The minimum atomic E-state index is -0.518. The molecule has 0 aromatic rings. The van der Waals surface area contributed by atoms with Gasteiger partial charge in [0.1, 0.15) is 6.10 Å². The summed E-state index contributed by atoms with van der Waals surface area (Å²) in [6.45, 7) is 1.69. The molecule has 0 spiro atoms. The van der Waals surface area contributed by atoms with Crippen LogP contribution in [0.1, 0.15) is 13.3 Å². The fourth-order valence-corrected chi connectivity index (χ4v) is 1.45. The van der Waals surface area contributed by atoms with Crippen LogP contribution in [0.15, 0.2) is 0 Å². The number of hydrogen-bond acceptors (Lipinski definition) is 4. The van der Waals surface area contributed by atoms with Gasteiger partial charge >= 0.3 is 0 Å². The summed E-state index contributed by atoms with van der Waals surface area (Å²) in [5.41, 5.74) is 0. The molecule has 4 nitrogen and oxygen atoms in total. The molecule has 0 aromatic carbocycles. The molecule has 4 heteroatoms. The molecule has 1 fully saturated rings. The highest BCUT2D eigenvalue weighted by atomic mass is 16.7. The monoisotopic (exact) mass is 176 g/mol. The van der Waals surface area contributed by atoms with Gasteiger partial charge in [-0.15, -0.1) is 0 Å². The van der Waals surface area contributed by atoms with E-state index in [1.807, 2.05) is 0 Å². The zero-order chi connectivity index (χ0) is 9.14. The second-order valence-electron chi connectivity index (χ2n) is 3.02. The third kappa shape index (κ3) is 1.95. The molecule has 1 saturated heterocycles. The van der Waals surface area contributed by atoms with Gasteiger partial charge in [0.05, 0.1) is 12.2 Å². The SMILES string of the molecule is CO[C@@H]1C[C@@H](OC)[C@H]([C@H](C)O)O1. The standard InChI is InChI=1S/C8H16O4/c1-5(9)8-6(10-2)4-7(11-3)12-8/h5-9H,4H2,1-3H3/t5-,6+,7-,8-/m0/s1. The Bertz CT molecular complexity index is 137. The van der Waals surface area contributed by atoms with E-state index in [1.165, 1.54) is 0 Å². The summed E-state index contributed by atoms with van der Waals surface area (Å²) in [5.74, 6) is 0. The van der Waals surface area contributed by atoms with Crippen molar-refractivity contribution < 1.29 is 19.3 Å². The van der Waals surface area contributed by atoms with E-state index in [0.29, 0.717) is 6.42 Å². The maximum Gasteiger partial charge on any atom is 0.160 e. The second-order valence-corrected chi connectivity index (χ2v) is 3.02. The Labute approximate surface area is 72.4 Å². The largest absolute Gasteiger partial charge is 0.391 e. The Balaban J connectivity index is 2.50. The number of aliphatic hydroxyl groups excluding tert-OH is 1. The fourth-order valence-electron chi connectivity index (χ4n) is 1.45. The van der Waals surface area contributed by atoms with Crippen molar-refractivity contribution in [3.8, 4) is 0 Å². The molecule has 12 heavy (non-hydrogen) atoms. The van der Waals surface area contributed by atoms with Crippen molar-refractivity contribution in [1.82, 2.24) is 0 Å². The zero-order valence-electron chi connectivity index (χ0n) is 7.69. The topological polar surface area (TPSA) is 47.9 Å². The molecule has 72 valence electrons. The lowest BCUT2D eigenvalue weighted by Crippen LogP contribution is -2.33. The lowest BCUT2D eigenvalue weighted by atomic mass is 10.1. The third-order valence-electron chi connectivity index (χ3n) is 2.14. The number of aliphatic hydroxyl groups is 1. The highest BCUT2D eigenvalue weighted by molar-refractivity contribution is 4.82. The van der Waals surface area contributed by atoms with E-state index in [1.54, 1.807) is 21.1 Å². The van der Waals surface area contributed by atoms with Crippen LogP contribution in [0.25, 0.3) is 0 Å². The molecule has 1 rings (SSSR count). The average molecular weight is 176 g/mol. The Morgan fingerprint density at radius 1 is 1.42 bits per heavy atom. The van der Waals surface area contributed by atoms with Gasteiger partial charge in [0.25, 0.3) is 0 Å². The van der Waals surface area contributed by atoms with E-state index in [4.69, 9.17) is 14.2 Å². The van der Waals surface area contributed by atoms with Gasteiger partial charge in [0, 0.05) is 20.6 Å². The van der Waals surface area contributed by atoms with Gasteiger partial charge in [-0.2, -0.15) is 0 Å². The smallest absolute Gasteiger partial charge is 0.160 e. The van der Waals surface area contributed by atoms with Gasteiger partial charge in [0.15, 0.2) is 6.29 Å². The summed E-state index contributed by atoms with van der Waals surface area (Å²) in [6.07, 6.45) is -0.401. The second kappa shape index (κ2) is 4.18. The predicted octanol–water partition coefficient (Wildman–Crippen LogP) is 0.144. The maximum absolute atomic E-state index is 9.31. The maximum atomic E-state index is 9.31. The van der Waals surface area contributed by atoms with Crippen molar-refractivity contribution in [3.05, 3.63) is 0 Å². The number of rotatable bonds is 3. The first kappa shape index (κ1) is 9.92. The molecule has 0 aromatic heterocycles. The van der Waals surface area contributed by atoms with Crippen LogP contribution in [-0.2, 0) is 14.2 Å². The van der Waals surface area contributed by atoms with E-state index in [2.05, 4.69) is 0 Å². The zero-order valence-corrected chi connectivity index (χ0v) is 7.69. The minimum Gasteiger partial charge on any atom is -0.391 e. The van der Waals surface area contributed by atoms with Crippen LogP contribution in [0, 0.1) is 0 Å². The summed E-state index contributed by atoms with van der Waals surface area (Å²) in [5, 5.41) is 9.31. The van der Waals surface area contributed by atoms with Crippen LogP contribution in [0.5, 0.6) is 0 Å². The predicted molar refractivity (Wildman–Crippen MR) is 42.8 cm³/mol. The fraction of sp³-hybridized carbons (Fsp3) is 1.00. The summed E-state index contributed by atoms with van der Waals surface area (Å²) in [6, 6.07) is 0. The first-order valence-corrected chi connectivity index (χ1v) is 4.08. The quantitative estimate of drug-likeness (QED) is 0.664. The third-order valence-corrected chi connectivity index (χ3v) is 2.14. The average Bonchev–Trinajstić information content (AvgIpc) is 2.47. The van der Waals surface area contributed by atoms with Gasteiger partial charge in [-0.3, -0.25) is 0 Å². The highest BCUT2D eigenvalue weighted by Gasteiger charge is 2.38. The molecule has 0 saturated carbocycles. The molecule has 1 N–H and O–H groups in total. The molecule has 1 aliphatic rings. The van der Waals surface area contributed by atoms with E-state index in [-0.39, 0.29) is 18.5 Å². The van der Waals surface area contributed by atoms with Gasteiger partial charge < -0.3 is 19.3 Å². The molecule has 4 atom stereocenters.